The summed E-state index contributed by atoms with van der Waals surface area (Å²) in [6.07, 6.45) is -3.10. The number of hydrogen-bond acceptors (Lipinski definition) is 6. The van der Waals surface area contributed by atoms with Crippen LogP contribution in [0.4, 0.5) is 23.7 Å². The molecule has 1 heterocycles. The van der Waals surface area contributed by atoms with Crippen molar-refractivity contribution in [1.82, 2.24) is 4.90 Å². The summed E-state index contributed by atoms with van der Waals surface area (Å²) < 4.78 is 51.0. The zero-order valence-corrected chi connectivity index (χ0v) is 24.1. The first-order chi connectivity index (χ1) is 18.9. The molecule has 40 heavy (non-hydrogen) atoms. The summed E-state index contributed by atoms with van der Waals surface area (Å²) in [5.74, 6) is -0.882. The van der Waals surface area contributed by atoms with Crippen molar-refractivity contribution in [2.24, 2.45) is 0 Å². The molecular formula is C28H22F3IN2O5S. The Morgan fingerprint density at radius 2 is 1.82 bits per heavy atom. The Hall–Kier alpha value is -3.52. The highest BCUT2D eigenvalue weighted by molar-refractivity contribution is 14.1. The van der Waals surface area contributed by atoms with E-state index in [9.17, 15) is 27.6 Å². The number of imide groups is 1. The molecule has 3 aromatic rings. The van der Waals surface area contributed by atoms with Crippen molar-refractivity contribution in [1.29, 1.82) is 0 Å². The number of nitrogens with zero attached hydrogens (tertiary/aromatic N) is 1. The van der Waals surface area contributed by atoms with Gasteiger partial charge in [0, 0.05) is 0 Å². The Balaban J connectivity index is 1.42. The van der Waals surface area contributed by atoms with Crippen LogP contribution in [-0.2, 0) is 22.4 Å². The van der Waals surface area contributed by atoms with Crippen molar-refractivity contribution in [3.05, 3.63) is 91.4 Å². The van der Waals surface area contributed by atoms with Gasteiger partial charge in [0.1, 0.15) is 24.7 Å². The van der Waals surface area contributed by atoms with Crippen LogP contribution in [0.5, 0.6) is 11.5 Å². The third-order valence-electron chi connectivity index (χ3n) is 5.71. The second kappa shape index (κ2) is 12.3. The Kier molecular flexibility index (Phi) is 9.08. The van der Waals surface area contributed by atoms with Crippen LogP contribution in [0.15, 0.2) is 65.6 Å². The van der Waals surface area contributed by atoms with Crippen LogP contribution in [0, 0.1) is 10.5 Å². The maximum Gasteiger partial charge on any atom is 0.416 e. The number of methoxy groups -OCH3 is 1. The van der Waals surface area contributed by atoms with E-state index in [1.165, 1.54) is 13.2 Å². The maximum atomic E-state index is 13.1. The van der Waals surface area contributed by atoms with E-state index in [-0.39, 0.29) is 16.3 Å². The third kappa shape index (κ3) is 7.16. The van der Waals surface area contributed by atoms with Gasteiger partial charge < -0.3 is 14.8 Å². The Morgan fingerprint density at radius 1 is 1.07 bits per heavy atom. The fourth-order valence-electron chi connectivity index (χ4n) is 3.79. The molecule has 0 radical (unpaired) electrons. The van der Waals surface area contributed by atoms with Crippen molar-refractivity contribution in [2.45, 2.75) is 19.7 Å². The highest BCUT2D eigenvalue weighted by Crippen LogP contribution is 2.36. The SMILES string of the molecule is COc1ccc(C(F)(F)F)cc1NC(=O)CN1C(=O)S/C(=C\c2ccc(OCc3cccc(C)c3)c(I)c2)C1=O. The molecule has 1 aliphatic rings. The fourth-order valence-corrected chi connectivity index (χ4v) is 5.32. The molecule has 1 fully saturated rings. The quantitative estimate of drug-likeness (QED) is 0.206. The molecule has 4 rings (SSSR count). The topological polar surface area (TPSA) is 84.9 Å². The summed E-state index contributed by atoms with van der Waals surface area (Å²) >= 11 is 2.79. The van der Waals surface area contributed by atoms with Gasteiger partial charge in [-0.2, -0.15) is 13.2 Å². The second-order valence-corrected chi connectivity index (χ2v) is 10.9. The van der Waals surface area contributed by atoms with E-state index in [1.807, 2.05) is 31.2 Å². The van der Waals surface area contributed by atoms with Gasteiger partial charge in [0.2, 0.25) is 5.91 Å². The summed E-state index contributed by atoms with van der Waals surface area (Å²) in [5.41, 5.74) is 1.59. The first-order valence-corrected chi connectivity index (χ1v) is 13.6. The number of rotatable bonds is 8. The molecule has 12 heteroatoms. The third-order valence-corrected chi connectivity index (χ3v) is 7.46. The van der Waals surface area contributed by atoms with Crippen LogP contribution in [0.2, 0.25) is 0 Å². The number of thioether (sulfide) groups is 1. The molecule has 0 atom stereocenters. The van der Waals surface area contributed by atoms with E-state index in [0.29, 0.717) is 29.7 Å². The molecule has 208 valence electrons. The van der Waals surface area contributed by atoms with Crippen molar-refractivity contribution in [3.8, 4) is 11.5 Å². The second-order valence-electron chi connectivity index (χ2n) is 8.70. The molecule has 1 aliphatic heterocycles. The van der Waals surface area contributed by atoms with Crippen molar-refractivity contribution in [2.75, 3.05) is 19.0 Å². The van der Waals surface area contributed by atoms with Crippen LogP contribution in [0.3, 0.4) is 0 Å². The van der Waals surface area contributed by atoms with Gasteiger partial charge in [0.25, 0.3) is 11.1 Å². The van der Waals surface area contributed by atoms with Gasteiger partial charge in [-0.25, -0.2) is 0 Å². The monoisotopic (exact) mass is 682 g/mol. The summed E-state index contributed by atoms with van der Waals surface area (Å²) in [6.45, 7) is 1.72. The van der Waals surface area contributed by atoms with E-state index in [1.54, 1.807) is 18.2 Å². The molecule has 0 unspecified atom stereocenters. The highest BCUT2D eigenvalue weighted by Gasteiger charge is 2.37. The minimum absolute atomic E-state index is 0.00343. The van der Waals surface area contributed by atoms with Crippen LogP contribution >= 0.6 is 34.4 Å². The molecule has 3 amide bonds. The van der Waals surface area contributed by atoms with Crippen LogP contribution in [-0.4, -0.2) is 35.6 Å². The number of hydrogen-bond donors (Lipinski definition) is 1. The standard InChI is InChI=1S/C28H22F3IN2O5S/c1-16-4-3-5-18(10-16)15-39-22-8-6-17(11-20(22)32)12-24-26(36)34(27(37)40-24)14-25(35)33-21-13-19(28(29,30)31)7-9-23(21)38-2/h3-13H,14-15H2,1-2H3,(H,33,35)/b24-12-. The van der Waals surface area contributed by atoms with Gasteiger partial charge in [0.15, 0.2) is 0 Å². The lowest BCUT2D eigenvalue weighted by Crippen LogP contribution is -2.36. The minimum Gasteiger partial charge on any atom is -0.495 e. The molecule has 0 bridgehead atoms. The molecule has 1 saturated heterocycles. The van der Waals surface area contributed by atoms with Gasteiger partial charge in [-0.05, 0) is 88.8 Å². The van der Waals surface area contributed by atoms with Gasteiger partial charge in [0.05, 0.1) is 26.8 Å². The van der Waals surface area contributed by atoms with Gasteiger partial charge in [-0.15, -0.1) is 0 Å². The van der Waals surface area contributed by atoms with Crippen LogP contribution in [0.1, 0.15) is 22.3 Å². The van der Waals surface area contributed by atoms with Crippen molar-refractivity contribution < 1.29 is 37.0 Å². The molecule has 0 aliphatic carbocycles. The lowest BCUT2D eigenvalue weighted by atomic mass is 10.1. The Morgan fingerprint density at radius 3 is 2.50 bits per heavy atom. The smallest absolute Gasteiger partial charge is 0.416 e. The number of aryl methyl sites for hydroxylation is 1. The molecule has 3 aromatic carbocycles. The van der Waals surface area contributed by atoms with Gasteiger partial charge in [-0.3, -0.25) is 19.3 Å². The predicted octanol–water partition coefficient (Wildman–Crippen LogP) is 6.88. The number of carbonyl (C=O) groups excluding carboxylic acids is 3. The van der Waals surface area contributed by atoms with Gasteiger partial charge in [-0.1, -0.05) is 35.9 Å². The normalized spacial score (nSPS) is 14.6. The molecular weight excluding hydrogens is 660 g/mol. The van der Waals surface area contributed by atoms with Crippen molar-refractivity contribution in [3.63, 3.8) is 0 Å². The predicted molar refractivity (Wildman–Crippen MR) is 154 cm³/mol. The zero-order valence-electron chi connectivity index (χ0n) is 21.2. The molecule has 1 N–H and O–H groups in total. The van der Waals surface area contributed by atoms with E-state index >= 15 is 0 Å². The summed E-state index contributed by atoms with van der Waals surface area (Å²) in [7, 11) is 1.24. The molecule has 0 saturated carbocycles. The van der Waals surface area contributed by atoms with E-state index < -0.39 is 35.3 Å². The van der Waals surface area contributed by atoms with E-state index in [2.05, 4.69) is 27.9 Å². The Labute approximate surface area is 245 Å². The number of halogens is 4. The average molecular weight is 682 g/mol. The molecule has 0 spiro atoms. The number of ether oxygens (including phenoxy) is 2. The van der Waals surface area contributed by atoms with E-state index in [4.69, 9.17) is 9.47 Å². The fraction of sp³-hybridized carbons (Fsp3) is 0.179. The lowest BCUT2D eigenvalue weighted by Gasteiger charge is -2.16. The number of amides is 3. The summed E-state index contributed by atoms with van der Waals surface area (Å²) in [4.78, 5) is 38.8. The first kappa shape index (κ1) is 29.5. The first-order valence-electron chi connectivity index (χ1n) is 11.7. The maximum absolute atomic E-state index is 13.1. The van der Waals surface area contributed by atoms with Crippen molar-refractivity contribution >= 4 is 63.2 Å². The van der Waals surface area contributed by atoms with E-state index in [0.717, 1.165) is 37.8 Å². The number of carbonyl (C=O) groups is 3. The Bertz CT molecular complexity index is 1510. The zero-order chi connectivity index (χ0) is 29.0. The van der Waals surface area contributed by atoms with Crippen LogP contribution in [0.25, 0.3) is 6.08 Å². The number of nitrogens with one attached hydrogen (secondary N) is 1. The molecule has 7 nitrogen and oxygen atoms in total. The molecule has 0 aromatic heterocycles. The number of alkyl halides is 3. The van der Waals surface area contributed by atoms with Crippen LogP contribution < -0.4 is 14.8 Å². The summed E-state index contributed by atoms with van der Waals surface area (Å²) in [6, 6.07) is 15.9. The highest BCUT2D eigenvalue weighted by atomic mass is 127. The number of anilines is 1. The average Bonchev–Trinajstić information content (AvgIpc) is 3.14. The summed E-state index contributed by atoms with van der Waals surface area (Å²) in [5, 5.41) is 1.62. The minimum atomic E-state index is -4.63. The number of benzene rings is 3. The van der Waals surface area contributed by atoms with Gasteiger partial charge >= 0.3 is 6.18 Å². The lowest BCUT2D eigenvalue weighted by molar-refractivity contribution is -0.137. The largest absolute Gasteiger partial charge is 0.495 e.